The van der Waals surface area contributed by atoms with E-state index in [1.54, 1.807) is 18.2 Å². The van der Waals surface area contributed by atoms with Crippen LogP contribution in [-0.2, 0) is 0 Å². The van der Waals surface area contributed by atoms with Crippen LogP contribution in [0.4, 0.5) is 5.69 Å². The summed E-state index contributed by atoms with van der Waals surface area (Å²) in [4.78, 5) is 10.7. The standard InChI is InChI=1S/C13H12N2O3/c1-9-5-6-12(18-9)8-14-15-11-4-2-3-10(7-11)13(16)17/h2-8,15H,1H3,(H,16,17)/p-1/b14-8-. The highest BCUT2D eigenvalue weighted by atomic mass is 16.4. The highest BCUT2D eigenvalue weighted by Gasteiger charge is 1.96. The largest absolute Gasteiger partial charge is 0.545 e. The molecule has 0 saturated heterocycles. The van der Waals surface area contributed by atoms with Crippen molar-refractivity contribution >= 4 is 17.9 Å². The van der Waals surface area contributed by atoms with Gasteiger partial charge >= 0.3 is 0 Å². The number of carbonyl (C=O) groups is 1. The van der Waals surface area contributed by atoms with Crippen LogP contribution in [0.15, 0.2) is 45.9 Å². The summed E-state index contributed by atoms with van der Waals surface area (Å²) in [6.45, 7) is 1.84. The zero-order valence-electron chi connectivity index (χ0n) is 9.71. The number of nitrogens with one attached hydrogen (secondary N) is 1. The number of hydrazone groups is 1. The molecule has 0 saturated carbocycles. The number of hydrogen-bond acceptors (Lipinski definition) is 5. The van der Waals surface area contributed by atoms with Crippen molar-refractivity contribution in [3.05, 3.63) is 53.5 Å². The Bertz CT molecular complexity index is 587. The molecule has 1 aromatic heterocycles. The number of aromatic carboxylic acids is 1. The van der Waals surface area contributed by atoms with Crippen LogP contribution >= 0.6 is 0 Å². The molecule has 1 aromatic carbocycles. The summed E-state index contributed by atoms with van der Waals surface area (Å²) in [6, 6.07) is 9.84. The first-order valence-electron chi connectivity index (χ1n) is 5.32. The first-order chi connectivity index (χ1) is 8.65. The van der Waals surface area contributed by atoms with E-state index in [-0.39, 0.29) is 5.56 Å². The summed E-state index contributed by atoms with van der Waals surface area (Å²) >= 11 is 0. The fraction of sp³-hybridized carbons (Fsp3) is 0.0769. The third-order valence-corrected chi connectivity index (χ3v) is 2.24. The Morgan fingerprint density at radius 1 is 1.39 bits per heavy atom. The zero-order valence-corrected chi connectivity index (χ0v) is 9.71. The Hall–Kier alpha value is -2.56. The number of benzene rings is 1. The van der Waals surface area contributed by atoms with Gasteiger partial charge in [-0.1, -0.05) is 12.1 Å². The molecule has 1 heterocycles. The van der Waals surface area contributed by atoms with E-state index in [9.17, 15) is 9.90 Å². The smallest absolute Gasteiger partial charge is 0.147 e. The topological polar surface area (TPSA) is 77.7 Å². The van der Waals surface area contributed by atoms with Gasteiger partial charge in [0.1, 0.15) is 11.5 Å². The second-order valence-corrected chi connectivity index (χ2v) is 3.69. The van der Waals surface area contributed by atoms with Crippen LogP contribution in [0.1, 0.15) is 21.9 Å². The molecule has 0 bridgehead atoms. The third kappa shape index (κ3) is 2.98. The van der Waals surface area contributed by atoms with Gasteiger partial charge < -0.3 is 14.3 Å². The molecule has 0 amide bonds. The molecular formula is C13H11N2O3-. The molecule has 0 fully saturated rings. The lowest BCUT2D eigenvalue weighted by Gasteiger charge is -2.04. The number of furan rings is 1. The molecule has 2 aromatic rings. The quantitative estimate of drug-likeness (QED) is 0.650. The minimum Gasteiger partial charge on any atom is -0.545 e. The second kappa shape index (κ2) is 5.18. The number of hydrogen-bond donors (Lipinski definition) is 1. The monoisotopic (exact) mass is 243 g/mol. The SMILES string of the molecule is Cc1ccc(/C=N\Nc2cccc(C(=O)[O-])c2)o1. The van der Waals surface area contributed by atoms with Crippen LogP contribution in [0.5, 0.6) is 0 Å². The van der Waals surface area contributed by atoms with Crippen molar-refractivity contribution in [3.8, 4) is 0 Å². The average molecular weight is 243 g/mol. The van der Waals surface area contributed by atoms with Crippen molar-refractivity contribution < 1.29 is 14.3 Å². The van der Waals surface area contributed by atoms with Gasteiger partial charge in [0, 0.05) is 0 Å². The van der Waals surface area contributed by atoms with Gasteiger partial charge in [0.25, 0.3) is 0 Å². The van der Waals surface area contributed by atoms with Gasteiger partial charge in [-0.05, 0) is 36.8 Å². The van der Waals surface area contributed by atoms with Crippen LogP contribution in [0.25, 0.3) is 0 Å². The zero-order chi connectivity index (χ0) is 13.0. The van der Waals surface area contributed by atoms with Crippen molar-refractivity contribution in [3.63, 3.8) is 0 Å². The first-order valence-corrected chi connectivity index (χ1v) is 5.32. The molecule has 0 unspecified atom stereocenters. The van der Waals surface area contributed by atoms with Crippen molar-refractivity contribution in [1.29, 1.82) is 0 Å². The number of carbonyl (C=O) groups excluding carboxylic acids is 1. The van der Waals surface area contributed by atoms with Gasteiger partial charge in [-0.3, -0.25) is 5.43 Å². The summed E-state index contributed by atoms with van der Waals surface area (Å²) < 4.78 is 5.29. The maximum absolute atomic E-state index is 10.7. The van der Waals surface area contributed by atoms with Crippen LogP contribution in [0, 0.1) is 6.92 Å². The molecule has 92 valence electrons. The maximum atomic E-state index is 10.7. The number of anilines is 1. The van der Waals surface area contributed by atoms with E-state index in [1.807, 2.05) is 13.0 Å². The van der Waals surface area contributed by atoms with E-state index in [2.05, 4.69) is 10.5 Å². The molecule has 18 heavy (non-hydrogen) atoms. The van der Waals surface area contributed by atoms with E-state index in [0.29, 0.717) is 11.4 Å². The number of nitrogens with zero attached hydrogens (tertiary/aromatic N) is 1. The lowest BCUT2D eigenvalue weighted by Crippen LogP contribution is -2.22. The van der Waals surface area contributed by atoms with E-state index in [4.69, 9.17) is 4.42 Å². The van der Waals surface area contributed by atoms with E-state index >= 15 is 0 Å². The summed E-state index contributed by atoms with van der Waals surface area (Å²) in [7, 11) is 0. The van der Waals surface area contributed by atoms with Crippen LogP contribution < -0.4 is 10.5 Å². The molecule has 0 radical (unpaired) electrons. The number of rotatable bonds is 4. The van der Waals surface area contributed by atoms with Crippen molar-refractivity contribution in [2.45, 2.75) is 6.92 Å². The Balaban J connectivity index is 2.04. The van der Waals surface area contributed by atoms with Gasteiger partial charge in [0.2, 0.25) is 0 Å². The maximum Gasteiger partial charge on any atom is 0.147 e. The van der Waals surface area contributed by atoms with E-state index < -0.39 is 5.97 Å². The van der Waals surface area contributed by atoms with Crippen LogP contribution in [-0.4, -0.2) is 12.2 Å². The van der Waals surface area contributed by atoms with Crippen molar-refractivity contribution in [2.75, 3.05) is 5.43 Å². The molecule has 1 N–H and O–H groups in total. The molecule has 5 nitrogen and oxygen atoms in total. The molecule has 0 spiro atoms. The predicted octanol–water partition coefficient (Wildman–Crippen LogP) is 1.40. The number of aryl methyl sites for hydroxylation is 1. The molecule has 2 rings (SSSR count). The Morgan fingerprint density at radius 2 is 2.22 bits per heavy atom. The van der Waals surface area contributed by atoms with Gasteiger partial charge in [-0.25, -0.2) is 0 Å². The minimum absolute atomic E-state index is 0.101. The third-order valence-electron chi connectivity index (χ3n) is 2.24. The lowest BCUT2D eigenvalue weighted by atomic mass is 10.2. The van der Waals surface area contributed by atoms with Crippen LogP contribution in [0.2, 0.25) is 0 Å². The van der Waals surface area contributed by atoms with Crippen molar-refractivity contribution in [2.24, 2.45) is 5.10 Å². The van der Waals surface area contributed by atoms with Gasteiger partial charge in [0.05, 0.1) is 17.9 Å². The fourth-order valence-electron chi connectivity index (χ4n) is 1.41. The Labute approximate surface area is 104 Å². The van der Waals surface area contributed by atoms with Crippen molar-refractivity contribution in [1.82, 2.24) is 0 Å². The van der Waals surface area contributed by atoms with Crippen LogP contribution in [0.3, 0.4) is 0 Å². The van der Waals surface area contributed by atoms with Gasteiger partial charge in [-0.15, -0.1) is 0 Å². The minimum atomic E-state index is -1.22. The summed E-state index contributed by atoms with van der Waals surface area (Å²) in [5, 5.41) is 14.6. The predicted molar refractivity (Wildman–Crippen MR) is 65.4 cm³/mol. The summed E-state index contributed by atoms with van der Waals surface area (Å²) in [5.74, 6) is 0.204. The summed E-state index contributed by atoms with van der Waals surface area (Å²) in [5.41, 5.74) is 3.38. The van der Waals surface area contributed by atoms with Gasteiger partial charge in [0.15, 0.2) is 0 Å². The Morgan fingerprint density at radius 3 is 2.89 bits per heavy atom. The average Bonchev–Trinajstić information content (AvgIpc) is 2.75. The highest BCUT2D eigenvalue weighted by Crippen LogP contribution is 2.10. The Kier molecular flexibility index (Phi) is 3.43. The molecular weight excluding hydrogens is 232 g/mol. The second-order valence-electron chi connectivity index (χ2n) is 3.69. The number of carboxylic acid groups (broad SMARTS) is 1. The first kappa shape index (κ1) is 11.9. The fourth-order valence-corrected chi connectivity index (χ4v) is 1.41. The van der Waals surface area contributed by atoms with Gasteiger partial charge in [-0.2, -0.15) is 5.10 Å². The number of carboxylic acids is 1. The molecule has 0 aliphatic carbocycles. The van der Waals surface area contributed by atoms with E-state index in [1.165, 1.54) is 18.3 Å². The molecule has 0 aliphatic heterocycles. The normalized spacial score (nSPS) is 10.7. The highest BCUT2D eigenvalue weighted by molar-refractivity contribution is 5.87. The molecule has 5 heteroatoms. The van der Waals surface area contributed by atoms with E-state index in [0.717, 1.165) is 5.76 Å². The summed E-state index contributed by atoms with van der Waals surface area (Å²) in [6.07, 6.45) is 1.51. The molecule has 0 aliphatic rings. The lowest BCUT2D eigenvalue weighted by molar-refractivity contribution is -0.255. The molecule has 0 atom stereocenters.